The van der Waals surface area contributed by atoms with E-state index in [1.807, 2.05) is 0 Å². The van der Waals surface area contributed by atoms with Crippen LogP contribution < -0.4 is 0 Å². The normalized spacial score (nSPS) is 15.8. The molecule has 0 radical (unpaired) electrons. The summed E-state index contributed by atoms with van der Waals surface area (Å²) in [5.74, 6) is -52.1. The van der Waals surface area contributed by atoms with Crippen LogP contribution >= 0.6 is 0 Å². The fourth-order valence-electron chi connectivity index (χ4n) is 2.34. The van der Waals surface area contributed by atoms with Gasteiger partial charge in [0.25, 0.3) is 0 Å². The highest BCUT2D eigenvalue weighted by Crippen LogP contribution is 2.66. The first-order valence-corrected chi connectivity index (χ1v) is 8.33. The van der Waals surface area contributed by atoms with Gasteiger partial charge in [0.15, 0.2) is 0 Å². The Morgan fingerprint density at radius 2 is 0.861 bits per heavy atom. The van der Waals surface area contributed by atoms with Crippen molar-refractivity contribution in [3.8, 4) is 0 Å². The third-order valence-corrected chi connectivity index (χ3v) is 4.52. The third-order valence-electron chi connectivity index (χ3n) is 4.52. The van der Waals surface area contributed by atoms with Crippen LogP contribution in [0.15, 0.2) is 12.2 Å². The zero-order valence-corrected chi connectivity index (χ0v) is 16.4. The first-order valence-electron chi connectivity index (χ1n) is 8.33. The van der Waals surface area contributed by atoms with Crippen molar-refractivity contribution in [1.82, 2.24) is 0 Å². The smallest absolute Gasteiger partial charge is 0.438 e. The van der Waals surface area contributed by atoms with Crippen molar-refractivity contribution in [2.24, 2.45) is 0 Å². The van der Waals surface area contributed by atoms with Crippen LogP contribution in [0.4, 0.5) is 83.4 Å². The molecule has 0 amide bonds. The molecule has 0 unspecified atom stereocenters. The van der Waals surface area contributed by atoms with E-state index in [9.17, 15) is 88.2 Å². The van der Waals surface area contributed by atoms with Gasteiger partial charge in [0.05, 0.1) is 0 Å². The molecule has 0 saturated carbocycles. The lowest BCUT2D eigenvalue weighted by Gasteiger charge is -2.45. The first-order chi connectivity index (χ1) is 15.3. The van der Waals surface area contributed by atoms with E-state index >= 15 is 0 Å². The van der Waals surface area contributed by atoms with E-state index < -0.39 is 84.4 Å². The quantitative estimate of drug-likeness (QED) is 0.203. The highest BCUT2D eigenvalue weighted by molar-refractivity contribution is 5.85. The zero-order valence-electron chi connectivity index (χ0n) is 16.4. The number of carboxylic acid groups (broad SMARTS) is 1. The predicted molar refractivity (Wildman–Crippen MR) is 76.3 cm³/mol. The first kappa shape index (κ1) is 33.9. The number of halogens is 19. The Balaban J connectivity index is 6.73. The van der Waals surface area contributed by atoms with Crippen LogP contribution in [0.1, 0.15) is 19.3 Å². The van der Waals surface area contributed by atoms with E-state index in [-0.39, 0.29) is 0 Å². The van der Waals surface area contributed by atoms with Crippen molar-refractivity contribution in [3.63, 3.8) is 0 Å². The maximum absolute atomic E-state index is 13.6. The SMILES string of the molecule is C=C(CCCC(F)(F)C(F)(F)C(F)(F)C(F)(F)C(F)(F)C(F)(F)C(F)(C(F)(F)F)C(F)(F)F)C(=O)O. The molecule has 0 fully saturated rings. The molecular weight excluding hydrogens is 573 g/mol. The second kappa shape index (κ2) is 9.02. The van der Waals surface area contributed by atoms with Crippen molar-refractivity contribution in [3.05, 3.63) is 12.2 Å². The van der Waals surface area contributed by atoms with Gasteiger partial charge in [0.2, 0.25) is 0 Å². The van der Waals surface area contributed by atoms with E-state index in [4.69, 9.17) is 5.11 Å². The van der Waals surface area contributed by atoms with Crippen molar-refractivity contribution in [2.45, 2.75) is 72.8 Å². The lowest BCUT2D eigenvalue weighted by molar-refractivity contribution is -0.472. The summed E-state index contributed by atoms with van der Waals surface area (Å²) < 4.78 is 250. The monoisotopic (exact) mass is 582 g/mol. The van der Waals surface area contributed by atoms with Gasteiger partial charge in [-0.1, -0.05) is 6.58 Å². The second-order valence-corrected chi connectivity index (χ2v) is 6.99. The van der Waals surface area contributed by atoms with E-state index in [1.165, 1.54) is 0 Å². The minimum absolute atomic E-state index is 1.07. The number of carboxylic acids is 1. The van der Waals surface area contributed by atoms with Gasteiger partial charge in [-0.15, -0.1) is 0 Å². The summed E-state index contributed by atoms with van der Waals surface area (Å²) >= 11 is 0. The van der Waals surface area contributed by atoms with Crippen LogP contribution in [0.25, 0.3) is 0 Å². The van der Waals surface area contributed by atoms with Gasteiger partial charge in [-0.3, -0.25) is 0 Å². The van der Waals surface area contributed by atoms with Crippen molar-refractivity contribution >= 4 is 5.97 Å². The molecule has 0 bridgehead atoms. The van der Waals surface area contributed by atoms with Crippen LogP contribution in [-0.2, 0) is 4.79 Å². The molecule has 214 valence electrons. The molecule has 2 nitrogen and oxygen atoms in total. The highest BCUT2D eigenvalue weighted by atomic mass is 19.4. The average molecular weight is 582 g/mol. The van der Waals surface area contributed by atoms with E-state index in [0.29, 0.717) is 0 Å². The Kier molecular flexibility index (Phi) is 8.49. The fourth-order valence-corrected chi connectivity index (χ4v) is 2.34. The molecule has 0 spiro atoms. The summed E-state index contributed by atoms with van der Waals surface area (Å²) in [6.07, 6.45) is -22.3. The van der Waals surface area contributed by atoms with Crippen LogP contribution in [0.2, 0.25) is 0 Å². The molecule has 0 aromatic heterocycles. The summed E-state index contributed by atoms with van der Waals surface area (Å²) in [5, 5.41) is 8.35. The molecule has 0 aliphatic carbocycles. The van der Waals surface area contributed by atoms with Crippen molar-refractivity contribution in [1.29, 1.82) is 0 Å². The number of alkyl halides is 19. The molecule has 21 heteroatoms. The number of carbonyl (C=O) groups is 1. The molecule has 0 heterocycles. The fraction of sp³-hybridized carbons (Fsp3) is 0.800. The maximum atomic E-state index is 13.6. The van der Waals surface area contributed by atoms with Gasteiger partial charge in [-0.05, 0) is 12.8 Å². The second-order valence-electron chi connectivity index (χ2n) is 6.99. The predicted octanol–water partition coefficient (Wildman–Crippen LogP) is 7.44. The van der Waals surface area contributed by atoms with Crippen LogP contribution in [0.3, 0.4) is 0 Å². The summed E-state index contributed by atoms with van der Waals surface area (Å²) in [5.41, 5.74) is -9.85. The van der Waals surface area contributed by atoms with Gasteiger partial charge < -0.3 is 5.11 Å². The lowest BCUT2D eigenvalue weighted by Crippen LogP contribution is -2.77. The standard InChI is InChI=1S/C15H9F19O2/c1-5(6(35)36)3-2-4-7(16,17)9(19,20)11(23,24)13(27,28)12(25,26)10(21,22)8(18,14(29,30)31)15(32,33)34/h1-4H2,(H,35,36). The molecule has 0 aliphatic rings. The van der Waals surface area contributed by atoms with E-state index in [0.717, 1.165) is 0 Å². The van der Waals surface area contributed by atoms with Gasteiger partial charge in [0.1, 0.15) is 0 Å². The number of rotatable bonds is 11. The molecule has 0 aromatic rings. The number of aliphatic carboxylic acids is 1. The molecule has 0 rings (SSSR count). The number of hydrogen-bond acceptors (Lipinski definition) is 1. The Labute approximate surface area is 185 Å². The molecule has 1 N–H and O–H groups in total. The Morgan fingerprint density at radius 1 is 0.556 bits per heavy atom. The third kappa shape index (κ3) is 4.65. The topological polar surface area (TPSA) is 37.3 Å². The van der Waals surface area contributed by atoms with Crippen LogP contribution in [0, 0.1) is 0 Å². The minimum Gasteiger partial charge on any atom is -0.478 e. The molecular formula is C15H9F19O2. The molecule has 36 heavy (non-hydrogen) atoms. The Morgan fingerprint density at radius 3 is 1.17 bits per heavy atom. The summed E-state index contributed by atoms with van der Waals surface area (Å²) in [7, 11) is 0. The molecule has 0 aromatic carbocycles. The zero-order chi connectivity index (χ0) is 29.8. The van der Waals surface area contributed by atoms with Crippen LogP contribution in [-0.4, -0.2) is 64.6 Å². The number of hydrogen-bond donors (Lipinski definition) is 1. The highest BCUT2D eigenvalue weighted by Gasteiger charge is 2.98. The van der Waals surface area contributed by atoms with Gasteiger partial charge >= 0.3 is 59.5 Å². The lowest BCUT2D eigenvalue weighted by atomic mass is 9.83. The summed E-state index contributed by atoms with van der Waals surface area (Å²) in [4.78, 5) is 10.4. The average Bonchev–Trinajstić information content (AvgIpc) is 2.64. The van der Waals surface area contributed by atoms with Gasteiger partial charge in [-0.25, -0.2) is 9.18 Å². The Bertz CT molecular complexity index is 821. The molecule has 0 atom stereocenters. The minimum atomic E-state index is -9.06. The molecule has 0 saturated heterocycles. The van der Waals surface area contributed by atoms with Gasteiger partial charge in [-0.2, -0.15) is 79.0 Å². The summed E-state index contributed by atoms with van der Waals surface area (Å²) in [6.45, 7) is 2.64. The van der Waals surface area contributed by atoms with Crippen molar-refractivity contribution < 1.29 is 93.3 Å². The van der Waals surface area contributed by atoms with Crippen molar-refractivity contribution in [2.75, 3.05) is 0 Å². The molecule has 0 aliphatic heterocycles. The van der Waals surface area contributed by atoms with Crippen LogP contribution in [0.5, 0.6) is 0 Å². The summed E-state index contributed by atoms with van der Waals surface area (Å²) in [6, 6.07) is 0. The van der Waals surface area contributed by atoms with E-state index in [1.54, 1.807) is 0 Å². The maximum Gasteiger partial charge on any atom is 0.438 e. The van der Waals surface area contributed by atoms with Gasteiger partial charge in [0, 0.05) is 12.0 Å². The largest absolute Gasteiger partial charge is 0.478 e. The Hall–Kier alpha value is -2.12. The van der Waals surface area contributed by atoms with E-state index in [2.05, 4.69) is 6.58 Å².